The predicted octanol–water partition coefficient (Wildman–Crippen LogP) is 2.86. The van der Waals surface area contributed by atoms with Gasteiger partial charge in [-0.15, -0.1) is 27.7 Å². The summed E-state index contributed by atoms with van der Waals surface area (Å²) in [6, 6.07) is 0. The molecule has 0 saturated carbocycles. The molecule has 8 heteroatoms. The van der Waals surface area contributed by atoms with Crippen molar-refractivity contribution < 1.29 is 23.5 Å². The van der Waals surface area contributed by atoms with Gasteiger partial charge in [0.15, 0.2) is 6.29 Å². The van der Waals surface area contributed by atoms with Crippen molar-refractivity contribution in [2.24, 2.45) is 0 Å². The fraction of sp³-hybridized carbons (Fsp3) is 1.00. The third-order valence-electron chi connectivity index (χ3n) is 0.897. The van der Waals surface area contributed by atoms with Crippen LogP contribution >= 0.6 is 31.5 Å². The third-order valence-corrected chi connectivity index (χ3v) is 1.91. The van der Waals surface area contributed by atoms with Gasteiger partial charge in [-0.05, 0) is 13.8 Å². The molecule has 16 heavy (non-hydrogen) atoms. The molecule has 0 aliphatic carbocycles. The Bertz CT molecular complexity index is 171. The van der Waals surface area contributed by atoms with Gasteiger partial charge in [0.05, 0.1) is 5.88 Å². The zero-order valence-electron chi connectivity index (χ0n) is 9.56. The highest BCUT2D eigenvalue weighted by atomic mass is 35.5. The summed E-state index contributed by atoms with van der Waals surface area (Å²) in [5, 5.41) is 8.75. The summed E-state index contributed by atoms with van der Waals surface area (Å²) in [6.07, 6.45) is -1.75. The topological polar surface area (TPSA) is 65.0 Å². The second kappa shape index (κ2) is 13.6. The van der Waals surface area contributed by atoms with Crippen LogP contribution in [0.4, 0.5) is 0 Å². The van der Waals surface area contributed by atoms with E-state index < -0.39 is 20.8 Å². The molecule has 1 N–H and O–H groups in total. The average Bonchev–Trinajstić information content (AvgIpc) is 2.14. The van der Waals surface area contributed by atoms with E-state index in [1.54, 1.807) is 0 Å². The number of hydrogen-bond acceptors (Lipinski definition) is 5. The average molecular weight is 296 g/mol. The lowest BCUT2D eigenvalue weighted by Gasteiger charge is -2.08. The molecule has 0 aromatic rings. The van der Waals surface area contributed by atoms with Crippen molar-refractivity contribution in [3.8, 4) is 0 Å². The van der Waals surface area contributed by atoms with Crippen LogP contribution < -0.4 is 0 Å². The van der Waals surface area contributed by atoms with Gasteiger partial charge < -0.3 is 9.84 Å². The van der Waals surface area contributed by atoms with Crippen LogP contribution in [-0.4, -0.2) is 36.1 Å². The van der Waals surface area contributed by atoms with Gasteiger partial charge >= 0.3 is 8.25 Å². The van der Waals surface area contributed by atoms with E-state index >= 15 is 0 Å². The normalized spacial score (nSPS) is 14.8. The molecular formula is C8H18Cl2O5P+. The molecule has 3 atom stereocenters. The highest BCUT2D eigenvalue weighted by molar-refractivity contribution is 7.33. The highest BCUT2D eigenvalue weighted by Crippen LogP contribution is 2.26. The number of halogens is 2. The minimum Gasteiger partial charge on any atom is -0.368 e. The summed E-state index contributed by atoms with van der Waals surface area (Å²) in [6.45, 7) is 4.97. The lowest BCUT2D eigenvalue weighted by Crippen LogP contribution is -2.17. The van der Waals surface area contributed by atoms with E-state index in [1.165, 1.54) is 13.8 Å². The van der Waals surface area contributed by atoms with Gasteiger partial charge in [-0.3, -0.25) is 0 Å². The van der Waals surface area contributed by atoms with Crippen molar-refractivity contribution in [1.29, 1.82) is 0 Å². The fourth-order valence-corrected chi connectivity index (χ4v) is 1.34. The first kappa shape index (κ1) is 18.9. The first-order valence-electron chi connectivity index (χ1n) is 4.70. The molecule has 0 saturated heterocycles. The lowest BCUT2D eigenvalue weighted by molar-refractivity contribution is -0.180. The second-order valence-corrected chi connectivity index (χ2v) is 4.25. The SMILES string of the molecule is CC(O)OC(C)O[P+](=O)OCCCl.CCCl. The van der Waals surface area contributed by atoms with Crippen LogP contribution in [0.1, 0.15) is 20.8 Å². The van der Waals surface area contributed by atoms with Crippen molar-refractivity contribution in [2.45, 2.75) is 33.4 Å². The molecule has 0 fully saturated rings. The molecule has 0 aliphatic heterocycles. The van der Waals surface area contributed by atoms with Crippen molar-refractivity contribution in [1.82, 2.24) is 0 Å². The molecule has 5 nitrogen and oxygen atoms in total. The Morgan fingerprint density at radius 2 is 1.88 bits per heavy atom. The van der Waals surface area contributed by atoms with Gasteiger partial charge in [-0.2, -0.15) is 0 Å². The lowest BCUT2D eigenvalue weighted by atomic mass is 10.7. The third kappa shape index (κ3) is 16.9. The van der Waals surface area contributed by atoms with Crippen LogP contribution in [0.5, 0.6) is 0 Å². The van der Waals surface area contributed by atoms with Gasteiger partial charge in [0.2, 0.25) is 6.29 Å². The molecule has 0 aromatic carbocycles. The number of aliphatic hydroxyl groups excluding tert-OH is 1. The Balaban J connectivity index is 0. The Hall–Kier alpha value is 0.520. The van der Waals surface area contributed by atoms with Crippen LogP contribution in [0, 0.1) is 0 Å². The van der Waals surface area contributed by atoms with Crippen LogP contribution in [0.15, 0.2) is 0 Å². The van der Waals surface area contributed by atoms with E-state index in [9.17, 15) is 4.57 Å². The number of aliphatic hydroxyl groups is 1. The summed E-state index contributed by atoms with van der Waals surface area (Å²) in [7, 11) is -2.23. The van der Waals surface area contributed by atoms with Crippen LogP contribution in [-0.2, 0) is 18.3 Å². The molecule has 98 valence electrons. The standard InChI is InChI=1S/C6H13ClO5P.C2H5Cl/c1-5(8)11-6(2)12-13(9)10-4-3-7;1-2-3/h5-6,8H,3-4H2,1-2H3;2H2,1H3/q+1;. The van der Waals surface area contributed by atoms with Gasteiger partial charge in [0.1, 0.15) is 6.61 Å². The fourth-order valence-electron chi connectivity index (χ4n) is 0.563. The van der Waals surface area contributed by atoms with Gasteiger partial charge in [0, 0.05) is 10.4 Å². The van der Waals surface area contributed by atoms with Crippen molar-refractivity contribution in [3.05, 3.63) is 0 Å². The van der Waals surface area contributed by atoms with Crippen molar-refractivity contribution >= 4 is 31.5 Å². The highest BCUT2D eigenvalue weighted by Gasteiger charge is 2.25. The van der Waals surface area contributed by atoms with Gasteiger partial charge in [-0.1, -0.05) is 11.4 Å². The molecule has 0 aliphatic rings. The second-order valence-electron chi connectivity index (χ2n) is 2.42. The predicted molar refractivity (Wildman–Crippen MR) is 64.0 cm³/mol. The first-order chi connectivity index (χ1) is 7.47. The molecule has 0 radical (unpaired) electrons. The zero-order chi connectivity index (χ0) is 13.0. The zero-order valence-corrected chi connectivity index (χ0v) is 12.0. The van der Waals surface area contributed by atoms with Gasteiger partial charge in [0.25, 0.3) is 0 Å². The van der Waals surface area contributed by atoms with E-state index in [0.29, 0.717) is 0 Å². The van der Waals surface area contributed by atoms with E-state index in [2.05, 4.69) is 4.52 Å². The van der Waals surface area contributed by atoms with E-state index in [-0.39, 0.29) is 12.5 Å². The maximum absolute atomic E-state index is 10.9. The van der Waals surface area contributed by atoms with Crippen molar-refractivity contribution in [3.63, 3.8) is 0 Å². The molecular weight excluding hydrogens is 278 g/mol. The van der Waals surface area contributed by atoms with E-state index in [1.807, 2.05) is 6.92 Å². The monoisotopic (exact) mass is 295 g/mol. The quantitative estimate of drug-likeness (QED) is 0.444. The summed E-state index contributed by atoms with van der Waals surface area (Å²) >= 11 is 10.3. The smallest absolute Gasteiger partial charge is 0.368 e. The largest absolute Gasteiger partial charge is 0.700 e. The minimum atomic E-state index is -2.23. The number of alkyl halides is 2. The van der Waals surface area contributed by atoms with E-state index in [4.69, 9.17) is 37.6 Å². The molecule has 0 amide bonds. The Morgan fingerprint density at radius 1 is 1.38 bits per heavy atom. The Kier molecular flexibility index (Phi) is 16.0. The molecule has 0 bridgehead atoms. The number of rotatable bonds is 7. The molecule has 0 rings (SSSR count). The summed E-state index contributed by atoms with van der Waals surface area (Å²) in [4.78, 5) is 0. The number of ether oxygens (including phenoxy) is 1. The summed E-state index contributed by atoms with van der Waals surface area (Å²) in [5.74, 6) is 0.968. The maximum atomic E-state index is 10.9. The molecule has 0 heterocycles. The van der Waals surface area contributed by atoms with Crippen LogP contribution in [0.25, 0.3) is 0 Å². The Morgan fingerprint density at radius 3 is 2.25 bits per heavy atom. The Labute approximate surface area is 107 Å². The van der Waals surface area contributed by atoms with Gasteiger partial charge in [-0.25, -0.2) is 0 Å². The molecule has 3 unspecified atom stereocenters. The van der Waals surface area contributed by atoms with Crippen molar-refractivity contribution in [2.75, 3.05) is 18.4 Å². The first-order valence-corrected chi connectivity index (χ1v) is 6.86. The minimum absolute atomic E-state index is 0.151. The summed E-state index contributed by atoms with van der Waals surface area (Å²) < 4.78 is 25.0. The summed E-state index contributed by atoms with van der Waals surface area (Å²) in [5.41, 5.74) is 0. The molecule has 0 spiro atoms. The maximum Gasteiger partial charge on any atom is 0.700 e. The van der Waals surface area contributed by atoms with Crippen LogP contribution in [0.3, 0.4) is 0 Å². The van der Waals surface area contributed by atoms with E-state index in [0.717, 1.165) is 5.88 Å². The molecule has 0 aromatic heterocycles. The van der Waals surface area contributed by atoms with Crippen LogP contribution in [0.2, 0.25) is 0 Å². The number of hydrogen-bond donors (Lipinski definition) is 1.